The van der Waals surface area contributed by atoms with Crippen LogP contribution in [0.25, 0.3) is 0 Å². The van der Waals surface area contributed by atoms with Crippen molar-refractivity contribution in [3.8, 4) is 0 Å². The fourth-order valence-corrected chi connectivity index (χ4v) is 1.97. The molecular formula is C11H25N3O2S. The standard InChI is InChI=1S/C11H25N3O2S/c1-4-6-7-8-13-11(12-3)14-9-10-17(15,16)5-2/h4-10H2,1-3H3,(H2,12,13,14). The van der Waals surface area contributed by atoms with Crippen LogP contribution in [0, 0.1) is 0 Å². The van der Waals surface area contributed by atoms with Crippen LogP contribution < -0.4 is 10.6 Å². The molecule has 0 rings (SSSR count). The van der Waals surface area contributed by atoms with Gasteiger partial charge in [-0.3, -0.25) is 4.99 Å². The van der Waals surface area contributed by atoms with E-state index in [1.54, 1.807) is 14.0 Å². The fraction of sp³-hybridized carbons (Fsp3) is 0.909. The number of rotatable bonds is 8. The Balaban J connectivity index is 3.77. The highest BCUT2D eigenvalue weighted by atomic mass is 32.2. The lowest BCUT2D eigenvalue weighted by Crippen LogP contribution is -2.40. The van der Waals surface area contributed by atoms with Crippen LogP contribution in [-0.4, -0.2) is 46.0 Å². The lowest BCUT2D eigenvalue weighted by atomic mass is 10.2. The number of nitrogens with zero attached hydrogens (tertiary/aromatic N) is 1. The molecule has 17 heavy (non-hydrogen) atoms. The SMILES string of the molecule is CCCCCNC(=NC)NCCS(=O)(=O)CC. The van der Waals surface area contributed by atoms with E-state index in [9.17, 15) is 8.42 Å². The summed E-state index contributed by atoms with van der Waals surface area (Å²) in [7, 11) is -1.21. The van der Waals surface area contributed by atoms with Gasteiger partial charge in [0.25, 0.3) is 0 Å². The molecule has 0 aromatic rings. The monoisotopic (exact) mass is 263 g/mol. The van der Waals surface area contributed by atoms with E-state index in [4.69, 9.17) is 0 Å². The summed E-state index contributed by atoms with van der Waals surface area (Å²) in [6, 6.07) is 0. The molecule has 0 heterocycles. The van der Waals surface area contributed by atoms with Gasteiger partial charge in [-0.05, 0) is 6.42 Å². The summed E-state index contributed by atoms with van der Waals surface area (Å²) >= 11 is 0. The lowest BCUT2D eigenvalue weighted by Gasteiger charge is -2.11. The van der Waals surface area contributed by atoms with Crippen molar-refractivity contribution in [1.29, 1.82) is 0 Å². The maximum Gasteiger partial charge on any atom is 0.191 e. The zero-order valence-corrected chi connectivity index (χ0v) is 11.9. The molecule has 0 aliphatic heterocycles. The Kier molecular flexibility index (Phi) is 8.85. The van der Waals surface area contributed by atoms with Gasteiger partial charge >= 0.3 is 0 Å². The lowest BCUT2D eigenvalue weighted by molar-refractivity contribution is 0.595. The van der Waals surface area contributed by atoms with Gasteiger partial charge in [-0.15, -0.1) is 0 Å². The number of guanidine groups is 1. The first kappa shape index (κ1) is 16.2. The Morgan fingerprint density at radius 2 is 1.76 bits per heavy atom. The minimum absolute atomic E-state index is 0.152. The molecule has 0 radical (unpaired) electrons. The van der Waals surface area contributed by atoms with Gasteiger partial charge in [0.15, 0.2) is 15.8 Å². The van der Waals surface area contributed by atoms with Crippen molar-refractivity contribution in [3.63, 3.8) is 0 Å². The van der Waals surface area contributed by atoms with E-state index < -0.39 is 9.84 Å². The summed E-state index contributed by atoms with van der Waals surface area (Å²) in [5.74, 6) is 1.02. The second-order valence-electron chi connectivity index (χ2n) is 3.87. The van der Waals surface area contributed by atoms with Crippen molar-refractivity contribution in [2.24, 2.45) is 4.99 Å². The van der Waals surface area contributed by atoms with E-state index in [0.29, 0.717) is 12.5 Å². The molecule has 0 spiro atoms. The molecule has 6 heteroatoms. The molecule has 0 aliphatic carbocycles. The topological polar surface area (TPSA) is 70.6 Å². The van der Waals surface area contributed by atoms with Gasteiger partial charge in [0.2, 0.25) is 0 Å². The second-order valence-corrected chi connectivity index (χ2v) is 6.34. The third kappa shape index (κ3) is 8.97. The minimum Gasteiger partial charge on any atom is -0.356 e. The highest BCUT2D eigenvalue weighted by Gasteiger charge is 2.06. The van der Waals surface area contributed by atoms with Crippen LogP contribution in [0.5, 0.6) is 0 Å². The predicted octanol–water partition coefficient (Wildman–Crippen LogP) is 0.776. The third-order valence-corrected chi connectivity index (χ3v) is 4.15. The summed E-state index contributed by atoms with van der Waals surface area (Å²) < 4.78 is 22.5. The Hall–Kier alpha value is -0.780. The molecule has 0 saturated carbocycles. The average molecular weight is 263 g/mol. The number of nitrogens with one attached hydrogen (secondary N) is 2. The number of hydrogen-bond donors (Lipinski definition) is 2. The molecule has 2 N–H and O–H groups in total. The van der Waals surface area contributed by atoms with Gasteiger partial charge in [-0.25, -0.2) is 8.42 Å². The number of aliphatic imine (C=N–C) groups is 1. The Bertz CT molecular complexity index is 313. The van der Waals surface area contributed by atoms with Gasteiger partial charge in [-0.2, -0.15) is 0 Å². The summed E-state index contributed by atoms with van der Waals surface area (Å²) in [5, 5.41) is 6.15. The van der Waals surface area contributed by atoms with Crippen molar-refractivity contribution in [1.82, 2.24) is 10.6 Å². The predicted molar refractivity (Wildman–Crippen MR) is 73.2 cm³/mol. The maximum absolute atomic E-state index is 11.3. The van der Waals surface area contributed by atoms with E-state index in [-0.39, 0.29) is 11.5 Å². The van der Waals surface area contributed by atoms with Gasteiger partial charge < -0.3 is 10.6 Å². The highest BCUT2D eigenvalue weighted by Crippen LogP contribution is 1.91. The van der Waals surface area contributed by atoms with E-state index in [0.717, 1.165) is 13.0 Å². The van der Waals surface area contributed by atoms with Gasteiger partial charge in [0.1, 0.15) is 0 Å². The summed E-state index contributed by atoms with van der Waals surface area (Å²) in [5.41, 5.74) is 0. The van der Waals surface area contributed by atoms with E-state index >= 15 is 0 Å². The van der Waals surface area contributed by atoms with E-state index in [1.807, 2.05) is 0 Å². The normalized spacial score (nSPS) is 12.5. The first-order valence-electron chi connectivity index (χ1n) is 6.20. The van der Waals surface area contributed by atoms with E-state index in [1.165, 1.54) is 12.8 Å². The van der Waals surface area contributed by atoms with Crippen molar-refractivity contribution >= 4 is 15.8 Å². The molecule has 0 fully saturated rings. The smallest absolute Gasteiger partial charge is 0.191 e. The number of sulfone groups is 1. The van der Waals surface area contributed by atoms with Crippen LogP contribution in [0.15, 0.2) is 4.99 Å². The molecule has 0 atom stereocenters. The molecule has 0 aliphatic rings. The summed E-state index contributed by atoms with van der Waals surface area (Å²) in [6.07, 6.45) is 3.47. The first-order chi connectivity index (χ1) is 8.05. The van der Waals surface area contributed by atoms with Crippen molar-refractivity contribution in [3.05, 3.63) is 0 Å². The van der Waals surface area contributed by atoms with Crippen LogP contribution in [0.3, 0.4) is 0 Å². The second kappa shape index (κ2) is 9.27. The molecule has 0 aromatic carbocycles. The number of hydrogen-bond acceptors (Lipinski definition) is 3. The molecular weight excluding hydrogens is 238 g/mol. The number of unbranched alkanes of at least 4 members (excludes halogenated alkanes) is 2. The van der Waals surface area contributed by atoms with Gasteiger partial charge in [0.05, 0.1) is 5.75 Å². The highest BCUT2D eigenvalue weighted by molar-refractivity contribution is 7.91. The molecule has 0 bridgehead atoms. The third-order valence-electron chi connectivity index (χ3n) is 2.44. The maximum atomic E-state index is 11.3. The zero-order valence-electron chi connectivity index (χ0n) is 11.1. The van der Waals surface area contributed by atoms with Gasteiger partial charge in [-0.1, -0.05) is 26.7 Å². The van der Waals surface area contributed by atoms with Gasteiger partial charge in [0, 0.05) is 25.9 Å². The van der Waals surface area contributed by atoms with Crippen LogP contribution in [-0.2, 0) is 9.84 Å². The van der Waals surface area contributed by atoms with E-state index in [2.05, 4.69) is 22.5 Å². The van der Waals surface area contributed by atoms with Crippen LogP contribution in [0.4, 0.5) is 0 Å². The summed E-state index contributed by atoms with van der Waals surface area (Å²) in [4.78, 5) is 4.03. The average Bonchev–Trinajstić information content (AvgIpc) is 2.32. The van der Waals surface area contributed by atoms with Crippen molar-refractivity contribution in [2.45, 2.75) is 33.1 Å². The Morgan fingerprint density at radius 1 is 1.12 bits per heavy atom. The first-order valence-corrected chi connectivity index (χ1v) is 8.02. The molecule has 0 aromatic heterocycles. The quantitative estimate of drug-likeness (QED) is 0.386. The molecule has 0 amide bonds. The molecule has 0 saturated heterocycles. The minimum atomic E-state index is -2.90. The van der Waals surface area contributed by atoms with Crippen LogP contribution in [0.1, 0.15) is 33.1 Å². The fourth-order valence-electron chi connectivity index (χ4n) is 1.27. The summed E-state index contributed by atoms with van der Waals surface area (Å²) in [6.45, 7) is 5.09. The van der Waals surface area contributed by atoms with Crippen LogP contribution >= 0.6 is 0 Å². The Morgan fingerprint density at radius 3 is 2.29 bits per heavy atom. The van der Waals surface area contributed by atoms with Crippen LogP contribution in [0.2, 0.25) is 0 Å². The zero-order chi connectivity index (χ0) is 13.1. The molecule has 102 valence electrons. The largest absolute Gasteiger partial charge is 0.356 e. The Labute approximate surface area is 105 Å². The molecule has 0 unspecified atom stereocenters. The molecule has 5 nitrogen and oxygen atoms in total. The van der Waals surface area contributed by atoms with Crippen molar-refractivity contribution < 1.29 is 8.42 Å². The van der Waals surface area contributed by atoms with Crippen molar-refractivity contribution in [2.75, 3.05) is 31.6 Å².